The molecule has 0 aliphatic heterocycles. The monoisotopic (exact) mass is 295 g/mol. The van der Waals surface area contributed by atoms with Crippen LogP contribution in [0.25, 0.3) is 0 Å². The van der Waals surface area contributed by atoms with Crippen molar-refractivity contribution in [2.75, 3.05) is 31.6 Å². The van der Waals surface area contributed by atoms with Gasteiger partial charge >= 0.3 is 0 Å². The Labute approximate surface area is 126 Å². The molecule has 0 aliphatic carbocycles. The number of amides is 1. The average Bonchev–Trinajstić information content (AvgIpc) is 2.38. The number of nitrogens with zero attached hydrogens (tertiary/aromatic N) is 1. The fourth-order valence-electron chi connectivity index (χ4n) is 2.12. The predicted molar refractivity (Wildman–Crippen MR) is 84.9 cm³/mol. The zero-order valence-electron chi connectivity index (χ0n) is 13.4. The smallest absolute Gasteiger partial charge is 0.239 e. The summed E-state index contributed by atoms with van der Waals surface area (Å²) in [5.41, 5.74) is 1.74. The summed E-state index contributed by atoms with van der Waals surface area (Å²) in [6, 6.07) is 4.67. The SMILES string of the molecule is CCNC(=O)CN(C)c1ccc(F)cc1CNCC(C)C. The highest BCUT2D eigenvalue weighted by molar-refractivity contribution is 5.81. The van der Waals surface area contributed by atoms with Gasteiger partial charge in [-0.25, -0.2) is 4.39 Å². The molecule has 2 N–H and O–H groups in total. The summed E-state index contributed by atoms with van der Waals surface area (Å²) >= 11 is 0. The van der Waals surface area contributed by atoms with Crippen molar-refractivity contribution < 1.29 is 9.18 Å². The number of halogens is 1. The van der Waals surface area contributed by atoms with E-state index in [4.69, 9.17) is 0 Å². The fraction of sp³-hybridized carbons (Fsp3) is 0.562. The Morgan fingerprint density at radius 1 is 1.38 bits per heavy atom. The lowest BCUT2D eigenvalue weighted by Crippen LogP contribution is -2.35. The molecule has 0 aromatic heterocycles. The standard InChI is InChI=1S/C16H26FN3O/c1-5-19-16(21)11-20(4)15-7-6-14(17)8-13(15)10-18-9-12(2)3/h6-8,12,18H,5,9-11H2,1-4H3,(H,19,21). The number of anilines is 1. The van der Waals surface area contributed by atoms with Crippen molar-refractivity contribution in [3.05, 3.63) is 29.6 Å². The number of nitrogens with one attached hydrogen (secondary N) is 2. The van der Waals surface area contributed by atoms with Gasteiger partial charge in [-0.1, -0.05) is 13.8 Å². The van der Waals surface area contributed by atoms with E-state index in [9.17, 15) is 9.18 Å². The second kappa shape index (κ2) is 8.62. The topological polar surface area (TPSA) is 44.4 Å². The lowest BCUT2D eigenvalue weighted by Gasteiger charge is -2.22. The Bertz CT molecular complexity index is 463. The zero-order chi connectivity index (χ0) is 15.8. The van der Waals surface area contributed by atoms with Gasteiger partial charge in [0.2, 0.25) is 5.91 Å². The van der Waals surface area contributed by atoms with E-state index >= 15 is 0 Å². The third-order valence-electron chi connectivity index (χ3n) is 3.08. The van der Waals surface area contributed by atoms with Crippen molar-refractivity contribution in [2.24, 2.45) is 5.92 Å². The number of likely N-dealkylation sites (N-methyl/N-ethyl adjacent to an activating group) is 2. The van der Waals surface area contributed by atoms with E-state index in [2.05, 4.69) is 24.5 Å². The van der Waals surface area contributed by atoms with Crippen molar-refractivity contribution in [3.8, 4) is 0 Å². The van der Waals surface area contributed by atoms with Gasteiger partial charge in [0, 0.05) is 25.8 Å². The van der Waals surface area contributed by atoms with Crippen LogP contribution in [0.1, 0.15) is 26.3 Å². The van der Waals surface area contributed by atoms with E-state index in [1.165, 1.54) is 12.1 Å². The van der Waals surface area contributed by atoms with E-state index in [1.54, 1.807) is 6.07 Å². The molecule has 0 unspecified atom stereocenters. The summed E-state index contributed by atoms with van der Waals surface area (Å²) in [6.07, 6.45) is 0. The lowest BCUT2D eigenvalue weighted by molar-refractivity contribution is -0.119. The molecule has 1 rings (SSSR count). The van der Waals surface area contributed by atoms with E-state index < -0.39 is 0 Å². The van der Waals surface area contributed by atoms with Crippen LogP contribution in [0.3, 0.4) is 0 Å². The highest BCUT2D eigenvalue weighted by atomic mass is 19.1. The van der Waals surface area contributed by atoms with Crippen LogP contribution in [0.5, 0.6) is 0 Å². The van der Waals surface area contributed by atoms with E-state index in [1.807, 2.05) is 18.9 Å². The van der Waals surface area contributed by atoms with Crippen molar-refractivity contribution in [3.63, 3.8) is 0 Å². The molecule has 0 aliphatic rings. The van der Waals surface area contributed by atoms with E-state index in [0.717, 1.165) is 17.8 Å². The summed E-state index contributed by atoms with van der Waals surface area (Å²) in [7, 11) is 1.84. The largest absolute Gasteiger partial charge is 0.365 e. The van der Waals surface area contributed by atoms with Gasteiger partial charge in [0.05, 0.1) is 6.54 Å². The van der Waals surface area contributed by atoms with Crippen LogP contribution >= 0.6 is 0 Å². The summed E-state index contributed by atoms with van der Waals surface area (Å²) in [4.78, 5) is 13.5. The molecule has 0 atom stereocenters. The van der Waals surface area contributed by atoms with Crippen molar-refractivity contribution in [1.29, 1.82) is 0 Å². The second-order valence-corrected chi connectivity index (χ2v) is 5.61. The van der Waals surface area contributed by atoms with Crippen LogP contribution in [0, 0.1) is 11.7 Å². The maximum atomic E-state index is 13.5. The minimum atomic E-state index is -0.258. The van der Waals surface area contributed by atoms with Crippen LogP contribution < -0.4 is 15.5 Å². The number of hydrogen-bond acceptors (Lipinski definition) is 3. The molecule has 5 heteroatoms. The van der Waals surface area contributed by atoms with Gasteiger partial charge in [0.15, 0.2) is 0 Å². The van der Waals surface area contributed by atoms with E-state index in [0.29, 0.717) is 19.0 Å². The Morgan fingerprint density at radius 2 is 2.10 bits per heavy atom. The van der Waals surface area contributed by atoms with Crippen molar-refractivity contribution in [2.45, 2.75) is 27.3 Å². The van der Waals surface area contributed by atoms with Gasteiger partial charge in [-0.05, 0) is 43.1 Å². The van der Waals surface area contributed by atoms with E-state index in [-0.39, 0.29) is 18.3 Å². The average molecular weight is 295 g/mol. The van der Waals surface area contributed by atoms with Gasteiger partial charge in [0.25, 0.3) is 0 Å². The molecule has 1 aromatic rings. The second-order valence-electron chi connectivity index (χ2n) is 5.61. The maximum absolute atomic E-state index is 13.5. The number of carbonyl (C=O) groups excluding carboxylic acids is 1. The molecule has 0 saturated heterocycles. The Hall–Kier alpha value is -1.62. The Balaban J connectivity index is 2.77. The molecule has 0 radical (unpaired) electrons. The Kier molecular flexibility index (Phi) is 7.15. The predicted octanol–water partition coefficient (Wildman–Crippen LogP) is 2.14. The number of hydrogen-bond donors (Lipinski definition) is 2. The zero-order valence-corrected chi connectivity index (χ0v) is 13.4. The third kappa shape index (κ3) is 6.12. The molecule has 0 heterocycles. The molecule has 21 heavy (non-hydrogen) atoms. The van der Waals surface area contributed by atoms with Crippen LogP contribution in [0.2, 0.25) is 0 Å². The fourth-order valence-corrected chi connectivity index (χ4v) is 2.12. The number of carbonyl (C=O) groups is 1. The summed E-state index contributed by atoms with van der Waals surface area (Å²) in [5, 5.41) is 6.07. The molecular weight excluding hydrogens is 269 g/mol. The molecule has 4 nitrogen and oxygen atoms in total. The molecule has 1 amide bonds. The van der Waals surface area contributed by atoms with Gasteiger partial charge < -0.3 is 15.5 Å². The first-order chi connectivity index (χ1) is 9.93. The molecule has 1 aromatic carbocycles. The number of rotatable bonds is 8. The maximum Gasteiger partial charge on any atom is 0.239 e. The minimum Gasteiger partial charge on any atom is -0.365 e. The van der Waals surface area contributed by atoms with Crippen molar-refractivity contribution in [1.82, 2.24) is 10.6 Å². The van der Waals surface area contributed by atoms with Crippen LogP contribution in [-0.4, -0.2) is 32.6 Å². The van der Waals surface area contributed by atoms with Gasteiger partial charge in [-0.2, -0.15) is 0 Å². The lowest BCUT2D eigenvalue weighted by atomic mass is 10.1. The molecule has 0 saturated carbocycles. The molecular formula is C16H26FN3O. The molecule has 0 bridgehead atoms. The minimum absolute atomic E-state index is 0.0367. The van der Waals surface area contributed by atoms with Gasteiger partial charge in [0.1, 0.15) is 5.82 Å². The quantitative estimate of drug-likeness (QED) is 0.772. The molecule has 0 spiro atoms. The van der Waals surface area contributed by atoms with Gasteiger partial charge in [-0.3, -0.25) is 4.79 Å². The van der Waals surface area contributed by atoms with Crippen LogP contribution in [-0.2, 0) is 11.3 Å². The molecule has 0 fully saturated rings. The molecule has 118 valence electrons. The number of benzene rings is 1. The summed E-state index contributed by atoms with van der Waals surface area (Å²) in [6.45, 7) is 8.47. The van der Waals surface area contributed by atoms with Gasteiger partial charge in [-0.15, -0.1) is 0 Å². The van der Waals surface area contributed by atoms with Crippen LogP contribution in [0.15, 0.2) is 18.2 Å². The Morgan fingerprint density at radius 3 is 2.71 bits per heavy atom. The first kappa shape index (κ1) is 17.4. The summed E-state index contributed by atoms with van der Waals surface area (Å²) < 4.78 is 13.5. The highest BCUT2D eigenvalue weighted by Gasteiger charge is 2.11. The van der Waals surface area contributed by atoms with Crippen LogP contribution in [0.4, 0.5) is 10.1 Å². The summed E-state index contributed by atoms with van der Waals surface area (Å²) in [5.74, 6) is 0.243. The first-order valence-corrected chi connectivity index (χ1v) is 7.41. The normalized spacial score (nSPS) is 10.8. The first-order valence-electron chi connectivity index (χ1n) is 7.41. The van der Waals surface area contributed by atoms with Crippen molar-refractivity contribution >= 4 is 11.6 Å². The highest BCUT2D eigenvalue weighted by Crippen LogP contribution is 2.20. The third-order valence-corrected chi connectivity index (χ3v) is 3.08.